The number of amides is 1. The minimum atomic E-state index is -0.267. The topological polar surface area (TPSA) is 69.0 Å². The SMILES string of the molecule is Cc1cc(C(=O)Nc2nc(-c3ccc(Oc4ccccc4)cc3)cs2)nn1C. The molecular weight excluding hydrogens is 372 g/mol. The second-order valence-corrected chi connectivity index (χ2v) is 7.08. The zero-order chi connectivity index (χ0) is 19.5. The van der Waals surface area contributed by atoms with Gasteiger partial charge in [-0.1, -0.05) is 18.2 Å². The first-order valence-corrected chi connectivity index (χ1v) is 9.57. The first-order chi connectivity index (χ1) is 13.6. The summed E-state index contributed by atoms with van der Waals surface area (Å²) >= 11 is 1.38. The van der Waals surface area contributed by atoms with Crippen molar-refractivity contribution in [3.63, 3.8) is 0 Å². The summed E-state index contributed by atoms with van der Waals surface area (Å²) in [5, 5.41) is 9.43. The van der Waals surface area contributed by atoms with Gasteiger partial charge in [0.05, 0.1) is 5.69 Å². The molecule has 0 saturated heterocycles. The van der Waals surface area contributed by atoms with Crippen molar-refractivity contribution in [3.05, 3.63) is 77.4 Å². The summed E-state index contributed by atoms with van der Waals surface area (Å²) in [6.45, 7) is 1.90. The van der Waals surface area contributed by atoms with Crippen molar-refractivity contribution < 1.29 is 9.53 Å². The largest absolute Gasteiger partial charge is 0.457 e. The molecule has 1 N–H and O–H groups in total. The van der Waals surface area contributed by atoms with Crippen LogP contribution in [0.25, 0.3) is 11.3 Å². The van der Waals surface area contributed by atoms with Gasteiger partial charge >= 0.3 is 0 Å². The molecule has 2 aromatic heterocycles. The first-order valence-electron chi connectivity index (χ1n) is 8.69. The molecule has 6 nitrogen and oxygen atoms in total. The Labute approximate surface area is 166 Å². The molecule has 1 amide bonds. The number of anilines is 1. The van der Waals surface area contributed by atoms with Crippen molar-refractivity contribution in [2.75, 3.05) is 5.32 Å². The van der Waals surface area contributed by atoms with Crippen LogP contribution in [0, 0.1) is 6.92 Å². The fourth-order valence-corrected chi connectivity index (χ4v) is 3.33. The van der Waals surface area contributed by atoms with E-state index in [0.29, 0.717) is 10.8 Å². The number of carbonyl (C=O) groups is 1. The van der Waals surface area contributed by atoms with Gasteiger partial charge in [-0.25, -0.2) is 4.98 Å². The number of hydrogen-bond acceptors (Lipinski definition) is 5. The summed E-state index contributed by atoms with van der Waals surface area (Å²) in [6.07, 6.45) is 0. The van der Waals surface area contributed by atoms with Crippen LogP contribution in [0.1, 0.15) is 16.2 Å². The van der Waals surface area contributed by atoms with Crippen LogP contribution in [0.15, 0.2) is 66.0 Å². The van der Waals surface area contributed by atoms with Crippen molar-refractivity contribution >= 4 is 22.4 Å². The maximum absolute atomic E-state index is 12.3. The van der Waals surface area contributed by atoms with Crippen LogP contribution in [-0.2, 0) is 7.05 Å². The lowest BCUT2D eigenvalue weighted by Gasteiger charge is -2.05. The normalized spacial score (nSPS) is 10.6. The molecule has 4 aromatic rings. The van der Waals surface area contributed by atoms with Crippen LogP contribution in [-0.4, -0.2) is 20.7 Å². The van der Waals surface area contributed by atoms with Gasteiger partial charge in [0.1, 0.15) is 11.5 Å². The lowest BCUT2D eigenvalue weighted by atomic mass is 10.2. The Morgan fingerprint density at radius 2 is 1.79 bits per heavy atom. The van der Waals surface area contributed by atoms with E-state index >= 15 is 0 Å². The number of thiazole rings is 1. The van der Waals surface area contributed by atoms with Crippen LogP contribution >= 0.6 is 11.3 Å². The van der Waals surface area contributed by atoms with E-state index in [0.717, 1.165) is 28.5 Å². The fraction of sp³-hybridized carbons (Fsp3) is 0.0952. The van der Waals surface area contributed by atoms with Gasteiger partial charge < -0.3 is 4.74 Å². The third kappa shape index (κ3) is 3.94. The molecule has 0 spiro atoms. The van der Waals surface area contributed by atoms with E-state index in [1.54, 1.807) is 17.8 Å². The monoisotopic (exact) mass is 390 g/mol. The van der Waals surface area contributed by atoms with Gasteiger partial charge in [-0.05, 0) is 49.4 Å². The van der Waals surface area contributed by atoms with Crippen LogP contribution < -0.4 is 10.1 Å². The molecule has 0 radical (unpaired) electrons. The highest BCUT2D eigenvalue weighted by Gasteiger charge is 2.13. The number of nitrogens with zero attached hydrogens (tertiary/aromatic N) is 3. The van der Waals surface area contributed by atoms with Crippen LogP contribution in [0.5, 0.6) is 11.5 Å². The van der Waals surface area contributed by atoms with E-state index in [-0.39, 0.29) is 5.91 Å². The molecule has 28 heavy (non-hydrogen) atoms. The van der Waals surface area contributed by atoms with Gasteiger partial charge in [-0.3, -0.25) is 14.8 Å². The quantitative estimate of drug-likeness (QED) is 0.526. The number of aromatic nitrogens is 3. The second kappa shape index (κ2) is 7.66. The Kier molecular flexibility index (Phi) is 4.90. The molecule has 0 fully saturated rings. The summed E-state index contributed by atoms with van der Waals surface area (Å²) in [7, 11) is 1.80. The minimum Gasteiger partial charge on any atom is -0.457 e. The predicted molar refractivity (Wildman–Crippen MR) is 110 cm³/mol. The number of hydrogen-bond donors (Lipinski definition) is 1. The highest BCUT2D eigenvalue weighted by molar-refractivity contribution is 7.14. The van der Waals surface area contributed by atoms with Gasteiger partial charge in [0, 0.05) is 23.7 Å². The van der Waals surface area contributed by atoms with E-state index in [2.05, 4.69) is 15.4 Å². The van der Waals surface area contributed by atoms with Crippen molar-refractivity contribution in [1.29, 1.82) is 0 Å². The second-order valence-electron chi connectivity index (χ2n) is 6.23. The van der Waals surface area contributed by atoms with Gasteiger partial charge in [0.25, 0.3) is 5.91 Å². The molecule has 2 heterocycles. The molecule has 7 heteroatoms. The zero-order valence-corrected chi connectivity index (χ0v) is 16.2. The lowest BCUT2D eigenvalue weighted by molar-refractivity contribution is 0.102. The highest BCUT2D eigenvalue weighted by atomic mass is 32.1. The number of para-hydroxylation sites is 1. The Morgan fingerprint density at radius 1 is 1.07 bits per heavy atom. The maximum Gasteiger partial charge on any atom is 0.277 e. The first kappa shape index (κ1) is 17.9. The molecule has 0 atom stereocenters. The van der Waals surface area contributed by atoms with Gasteiger partial charge in [0.2, 0.25) is 0 Å². The summed E-state index contributed by atoms with van der Waals surface area (Å²) in [6, 6.07) is 19.1. The number of nitrogens with one attached hydrogen (secondary N) is 1. The molecule has 0 bridgehead atoms. The summed E-state index contributed by atoms with van der Waals surface area (Å²) in [5.74, 6) is 1.28. The lowest BCUT2D eigenvalue weighted by Crippen LogP contribution is -2.12. The Morgan fingerprint density at radius 3 is 2.46 bits per heavy atom. The van der Waals surface area contributed by atoms with E-state index in [1.807, 2.05) is 66.9 Å². The molecule has 140 valence electrons. The summed E-state index contributed by atoms with van der Waals surface area (Å²) in [5.41, 5.74) is 3.04. The average molecular weight is 390 g/mol. The molecule has 0 aliphatic carbocycles. The Bertz CT molecular complexity index is 1080. The maximum atomic E-state index is 12.3. The summed E-state index contributed by atoms with van der Waals surface area (Å²) < 4.78 is 7.47. The van der Waals surface area contributed by atoms with Crippen LogP contribution in [0.3, 0.4) is 0 Å². The number of carbonyl (C=O) groups excluding carboxylic acids is 1. The molecular formula is C21H18N4O2S. The zero-order valence-electron chi connectivity index (χ0n) is 15.4. The highest BCUT2D eigenvalue weighted by Crippen LogP contribution is 2.28. The Hall–Kier alpha value is -3.45. The van der Waals surface area contributed by atoms with Crippen LogP contribution in [0.4, 0.5) is 5.13 Å². The average Bonchev–Trinajstić information content (AvgIpc) is 3.30. The van der Waals surface area contributed by atoms with Crippen LogP contribution in [0.2, 0.25) is 0 Å². The van der Waals surface area contributed by atoms with Crippen molar-refractivity contribution in [2.24, 2.45) is 7.05 Å². The van der Waals surface area contributed by atoms with Gasteiger partial charge in [0.15, 0.2) is 10.8 Å². The molecule has 2 aromatic carbocycles. The molecule has 0 unspecified atom stereocenters. The van der Waals surface area contributed by atoms with Crippen molar-refractivity contribution in [3.8, 4) is 22.8 Å². The number of ether oxygens (including phenoxy) is 1. The van der Waals surface area contributed by atoms with E-state index in [4.69, 9.17) is 4.74 Å². The molecule has 4 rings (SSSR count). The number of rotatable bonds is 5. The summed E-state index contributed by atoms with van der Waals surface area (Å²) in [4.78, 5) is 16.8. The third-order valence-corrected chi connectivity index (χ3v) is 4.96. The van der Waals surface area contributed by atoms with Gasteiger partial charge in [-0.2, -0.15) is 5.10 Å². The van der Waals surface area contributed by atoms with Crippen molar-refractivity contribution in [2.45, 2.75) is 6.92 Å². The van der Waals surface area contributed by atoms with E-state index in [9.17, 15) is 4.79 Å². The number of aryl methyl sites for hydroxylation is 2. The number of benzene rings is 2. The molecule has 0 saturated carbocycles. The standard InChI is InChI=1S/C21H18N4O2S/c1-14-12-18(24-25(14)2)20(26)23-21-22-19(13-28-21)15-8-10-17(11-9-15)27-16-6-4-3-5-7-16/h3-13H,1-2H3,(H,22,23,26). The molecule has 0 aliphatic heterocycles. The van der Waals surface area contributed by atoms with Crippen molar-refractivity contribution in [1.82, 2.24) is 14.8 Å². The molecule has 0 aliphatic rings. The van der Waals surface area contributed by atoms with Gasteiger partial charge in [-0.15, -0.1) is 11.3 Å². The smallest absolute Gasteiger partial charge is 0.277 e. The minimum absolute atomic E-state index is 0.267. The third-order valence-electron chi connectivity index (χ3n) is 4.20. The fourth-order valence-electron chi connectivity index (χ4n) is 2.61. The Balaban J connectivity index is 1.44. The predicted octanol–water partition coefficient (Wildman–Crippen LogP) is 4.90. The van der Waals surface area contributed by atoms with E-state index < -0.39 is 0 Å². The van der Waals surface area contributed by atoms with E-state index in [1.165, 1.54) is 11.3 Å².